The molecule has 1 saturated carbocycles. The minimum Gasteiger partial charge on any atom is -0.497 e. The summed E-state index contributed by atoms with van der Waals surface area (Å²) in [6, 6.07) is 10.9. The molecule has 0 aromatic heterocycles. The summed E-state index contributed by atoms with van der Waals surface area (Å²) in [5.74, 6) is 1.72. The lowest BCUT2D eigenvalue weighted by molar-refractivity contribution is -0.134. The SMILES string of the molecule is COc1ccc(S(=O)(=O)Nc2ccc3c(c2)CC(=O)N([C@@H](C)CO)C[C@@H](C)[C@H](CN(C)CC2CCCCC2)O3)cc1. The number of nitrogens with one attached hydrogen (secondary N) is 1. The number of ether oxygens (including phenoxy) is 2. The van der Waals surface area contributed by atoms with Crippen molar-refractivity contribution in [1.82, 2.24) is 9.80 Å². The van der Waals surface area contributed by atoms with Crippen molar-refractivity contribution in [3.63, 3.8) is 0 Å². The van der Waals surface area contributed by atoms with Gasteiger partial charge in [0.15, 0.2) is 0 Å². The Labute approximate surface area is 244 Å². The number of methoxy groups -OCH3 is 1. The monoisotopic (exact) mass is 587 g/mol. The number of sulfonamides is 1. The number of amides is 1. The maximum Gasteiger partial charge on any atom is 0.261 e. The molecule has 4 rings (SSSR count). The highest BCUT2D eigenvalue weighted by Crippen LogP contribution is 2.31. The highest BCUT2D eigenvalue weighted by molar-refractivity contribution is 7.92. The zero-order chi connectivity index (χ0) is 29.6. The number of aliphatic hydroxyl groups excluding tert-OH is 1. The van der Waals surface area contributed by atoms with Crippen molar-refractivity contribution in [3.05, 3.63) is 48.0 Å². The van der Waals surface area contributed by atoms with Gasteiger partial charge >= 0.3 is 0 Å². The molecule has 2 aliphatic rings. The molecule has 0 bridgehead atoms. The second kappa shape index (κ2) is 13.9. The Morgan fingerprint density at radius 3 is 2.49 bits per heavy atom. The summed E-state index contributed by atoms with van der Waals surface area (Å²) in [6.45, 7) is 5.98. The van der Waals surface area contributed by atoms with Crippen LogP contribution in [0.2, 0.25) is 0 Å². The molecule has 41 heavy (non-hydrogen) atoms. The van der Waals surface area contributed by atoms with E-state index in [0.29, 0.717) is 41.8 Å². The Hall–Kier alpha value is -2.82. The standard InChI is InChI=1S/C31H45N3O6S/c1-22-18-34(23(2)21-35)31(36)17-25-16-26(32-41(37,38)28-13-11-27(39-4)12-14-28)10-15-29(25)40-30(22)20-33(3)19-24-8-6-5-7-9-24/h10-16,22-24,30,32,35H,5-9,17-21H2,1-4H3/t22-,23+,30+/m1/s1. The molecular weight excluding hydrogens is 542 g/mol. The number of carbonyl (C=O) groups is 1. The number of likely N-dealkylation sites (N-methyl/N-ethyl adjacent to an activating group) is 1. The summed E-state index contributed by atoms with van der Waals surface area (Å²) < 4.78 is 40.5. The third-order valence-corrected chi connectivity index (χ3v) is 9.72. The van der Waals surface area contributed by atoms with Crippen molar-refractivity contribution >= 4 is 21.6 Å². The van der Waals surface area contributed by atoms with Crippen LogP contribution in [0.15, 0.2) is 47.4 Å². The van der Waals surface area contributed by atoms with Crippen molar-refractivity contribution in [1.29, 1.82) is 0 Å². The van der Waals surface area contributed by atoms with Crippen molar-refractivity contribution in [2.75, 3.05) is 45.1 Å². The van der Waals surface area contributed by atoms with Gasteiger partial charge in [0.25, 0.3) is 10.0 Å². The molecule has 226 valence electrons. The molecule has 0 saturated heterocycles. The van der Waals surface area contributed by atoms with Gasteiger partial charge in [-0.15, -0.1) is 0 Å². The molecular formula is C31H45N3O6S. The van der Waals surface area contributed by atoms with Crippen LogP contribution in [0.5, 0.6) is 11.5 Å². The number of nitrogens with zero attached hydrogens (tertiary/aromatic N) is 2. The summed E-state index contributed by atoms with van der Waals surface area (Å²) in [5.41, 5.74) is 0.949. The molecule has 2 N–H and O–H groups in total. The Morgan fingerprint density at radius 2 is 1.83 bits per heavy atom. The normalized spacial score (nSPS) is 21.3. The second-order valence-corrected chi connectivity index (χ2v) is 13.4. The van der Waals surface area contributed by atoms with Crippen LogP contribution >= 0.6 is 0 Å². The van der Waals surface area contributed by atoms with Crippen LogP contribution in [-0.2, 0) is 21.2 Å². The molecule has 0 spiro atoms. The average Bonchev–Trinajstić information content (AvgIpc) is 3.00. The average molecular weight is 588 g/mol. The minimum atomic E-state index is -3.86. The number of rotatable bonds is 10. The number of fused-ring (bicyclic) bond motifs is 1. The number of hydrogen-bond acceptors (Lipinski definition) is 7. The Morgan fingerprint density at radius 1 is 1.12 bits per heavy atom. The van der Waals surface area contributed by atoms with Gasteiger partial charge in [-0.25, -0.2) is 8.42 Å². The maximum absolute atomic E-state index is 13.5. The van der Waals surface area contributed by atoms with Crippen LogP contribution in [0.3, 0.4) is 0 Å². The highest BCUT2D eigenvalue weighted by atomic mass is 32.2. The first-order valence-electron chi connectivity index (χ1n) is 14.6. The summed E-state index contributed by atoms with van der Waals surface area (Å²) in [7, 11) is -0.206. The van der Waals surface area contributed by atoms with E-state index in [1.54, 1.807) is 35.2 Å². The summed E-state index contributed by atoms with van der Waals surface area (Å²) in [4.78, 5) is 17.7. The van der Waals surface area contributed by atoms with Crippen LogP contribution in [0.4, 0.5) is 5.69 Å². The molecule has 1 heterocycles. The van der Waals surface area contributed by atoms with E-state index in [0.717, 1.165) is 6.54 Å². The maximum atomic E-state index is 13.5. The number of carbonyl (C=O) groups excluding carboxylic acids is 1. The van der Waals surface area contributed by atoms with Crippen LogP contribution in [-0.4, -0.2) is 81.8 Å². The van der Waals surface area contributed by atoms with Crippen molar-refractivity contribution < 1.29 is 27.8 Å². The third-order valence-electron chi connectivity index (χ3n) is 8.32. The first-order chi connectivity index (χ1) is 19.6. The summed E-state index contributed by atoms with van der Waals surface area (Å²) >= 11 is 0. The van der Waals surface area contributed by atoms with Gasteiger partial charge in [0.1, 0.15) is 17.6 Å². The quantitative estimate of drug-likeness (QED) is 0.430. The van der Waals surface area contributed by atoms with E-state index in [-0.39, 0.29) is 41.9 Å². The fourth-order valence-electron chi connectivity index (χ4n) is 5.87. The molecule has 3 atom stereocenters. The van der Waals surface area contributed by atoms with E-state index in [1.165, 1.54) is 51.3 Å². The Kier molecular flexibility index (Phi) is 10.5. The van der Waals surface area contributed by atoms with Crippen LogP contribution < -0.4 is 14.2 Å². The topological polar surface area (TPSA) is 108 Å². The third kappa shape index (κ3) is 8.14. The van der Waals surface area contributed by atoms with E-state index >= 15 is 0 Å². The fourth-order valence-corrected chi connectivity index (χ4v) is 6.92. The molecule has 9 nitrogen and oxygen atoms in total. The molecule has 2 aromatic rings. The molecule has 1 aliphatic heterocycles. The molecule has 10 heteroatoms. The highest BCUT2D eigenvalue weighted by Gasteiger charge is 2.31. The van der Waals surface area contributed by atoms with Crippen LogP contribution in [0.25, 0.3) is 0 Å². The Bertz CT molecular complexity index is 1260. The molecule has 2 aromatic carbocycles. The Balaban J connectivity index is 1.59. The lowest BCUT2D eigenvalue weighted by atomic mass is 9.89. The molecule has 0 radical (unpaired) electrons. The minimum absolute atomic E-state index is 0.0148. The largest absolute Gasteiger partial charge is 0.497 e. The zero-order valence-corrected chi connectivity index (χ0v) is 25.5. The molecule has 1 amide bonds. The summed E-state index contributed by atoms with van der Waals surface area (Å²) in [6.07, 6.45) is 6.29. The van der Waals surface area contributed by atoms with Crippen LogP contribution in [0.1, 0.15) is 51.5 Å². The van der Waals surface area contributed by atoms with E-state index in [2.05, 4.69) is 23.6 Å². The van der Waals surface area contributed by atoms with Crippen LogP contribution in [0, 0.1) is 11.8 Å². The van der Waals surface area contributed by atoms with Gasteiger partial charge in [0.2, 0.25) is 5.91 Å². The van der Waals surface area contributed by atoms with Gasteiger partial charge in [0, 0.05) is 36.8 Å². The predicted molar refractivity (Wildman–Crippen MR) is 160 cm³/mol. The van der Waals surface area contributed by atoms with Crippen molar-refractivity contribution in [2.24, 2.45) is 11.8 Å². The lowest BCUT2D eigenvalue weighted by Gasteiger charge is -2.35. The van der Waals surface area contributed by atoms with Crippen molar-refractivity contribution in [2.45, 2.75) is 69.4 Å². The molecule has 1 fully saturated rings. The van der Waals surface area contributed by atoms with Gasteiger partial charge < -0.3 is 24.4 Å². The van der Waals surface area contributed by atoms with Gasteiger partial charge in [-0.05, 0) is 75.2 Å². The number of anilines is 1. The van der Waals surface area contributed by atoms with Crippen molar-refractivity contribution in [3.8, 4) is 11.5 Å². The van der Waals surface area contributed by atoms with Gasteiger partial charge in [-0.1, -0.05) is 26.2 Å². The second-order valence-electron chi connectivity index (χ2n) is 11.7. The van der Waals surface area contributed by atoms with E-state index in [4.69, 9.17) is 9.47 Å². The molecule has 1 aliphatic carbocycles. The predicted octanol–water partition coefficient (Wildman–Crippen LogP) is 4.16. The number of hydrogen-bond donors (Lipinski definition) is 2. The van der Waals surface area contributed by atoms with E-state index in [1.807, 2.05) is 6.92 Å². The lowest BCUT2D eigenvalue weighted by Crippen LogP contribution is -2.48. The fraction of sp³-hybridized carbons (Fsp3) is 0.581. The van der Waals surface area contributed by atoms with E-state index < -0.39 is 10.0 Å². The van der Waals surface area contributed by atoms with Gasteiger partial charge in [0.05, 0.1) is 31.1 Å². The van der Waals surface area contributed by atoms with Gasteiger partial charge in [-0.3, -0.25) is 9.52 Å². The number of aliphatic hydroxyl groups is 1. The van der Waals surface area contributed by atoms with Gasteiger partial charge in [-0.2, -0.15) is 0 Å². The smallest absolute Gasteiger partial charge is 0.261 e. The first-order valence-corrected chi connectivity index (χ1v) is 16.1. The number of benzene rings is 2. The first kappa shape index (κ1) is 31.1. The summed E-state index contributed by atoms with van der Waals surface area (Å²) in [5, 5.41) is 9.91. The van der Waals surface area contributed by atoms with E-state index in [9.17, 15) is 18.3 Å². The molecule has 0 unspecified atom stereocenters. The zero-order valence-electron chi connectivity index (χ0n) is 24.7.